The summed E-state index contributed by atoms with van der Waals surface area (Å²) >= 11 is 1.24. The van der Waals surface area contributed by atoms with Crippen molar-refractivity contribution in [2.75, 3.05) is 17.7 Å². The lowest BCUT2D eigenvalue weighted by atomic mass is 10.1. The zero-order valence-electron chi connectivity index (χ0n) is 19.2. The maximum absolute atomic E-state index is 13.3. The molecule has 0 saturated heterocycles. The number of rotatable bonds is 10. The molecule has 2 heterocycles. The molecule has 1 amide bonds. The molecule has 0 atom stereocenters. The molecule has 8 nitrogen and oxygen atoms in total. The summed E-state index contributed by atoms with van der Waals surface area (Å²) in [6.07, 6.45) is 2.44. The van der Waals surface area contributed by atoms with Crippen LogP contribution in [0.15, 0.2) is 70.7 Å². The minimum absolute atomic E-state index is 0.103. The second kappa shape index (κ2) is 11.0. The number of para-hydroxylation sites is 2. The van der Waals surface area contributed by atoms with Gasteiger partial charge in [-0.2, -0.15) is 5.10 Å². The molecule has 0 spiro atoms. The fourth-order valence-corrected chi connectivity index (χ4v) is 4.37. The van der Waals surface area contributed by atoms with Gasteiger partial charge in [-0.15, -0.1) is 0 Å². The fourth-order valence-electron chi connectivity index (χ4n) is 3.55. The van der Waals surface area contributed by atoms with Gasteiger partial charge in [-0.05, 0) is 38.0 Å². The Morgan fingerprint density at radius 2 is 1.85 bits per heavy atom. The predicted octanol–water partition coefficient (Wildman–Crippen LogP) is 3.99. The number of hydrogen-bond donors (Lipinski definition) is 1. The van der Waals surface area contributed by atoms with E-state index < -0.39 is 0 Å². The molecule has 34 heavy (non-hydrogen) atoms. The molecule has 0 saturated carbocycles. The zero-order chi connectivity index (χ0) is 23.9. The number of fused-ring (bicyclic) bond motifs is 1. The highest BCUT2D eigenvalue weighted by Gasteiger charge is 2.17. The fraction of sp³-hybridized carbons (Fsp3) is 0.280. The van der Waals surface area contributed by atoms with Gasteiger partial charge in [0.05, 0.1) is 24.2 Å². The number of aryl methyl sites for hydroxylation is 2. The summed E-state index contributed by atoms with van der Waals surface area (Å²) < 4.78 is 8.90. The third kappa shape index (κ3) is 5.48. The van der Waals surface area contributed by atoms with Crippen LogP contribution < -0.4 is 15.6 Å². The van der Waals surface area contributed by atoms with E-state index in [1.54, 1.807) is 21.5 Å². The van der Waals surface area contributed by atoms with E-state index >= 15 is 0 Å². The van der Waals surface area contributed by atoms with Crippen LogP contribution in [0.3, 0.4) is 0 Å². The van der Waals surface area contributed by atoms with Crippen molar-refractivity contribution >= 4 is 34.4 Å². The van der Waals surface area contributed by atoms with Crippen LogP contribution >= 0.6 is 11.8 Å². The Morgan fingerprint density at radius 3 is 2.62 bits per heavy atom. The Balaban J connectivity index is 1.56. The topological polar surface area (TPSA) is 91.0 Å². The number of hydrogen-bond acceptors (Lipinski definition) is 6. The van der Waals surface area contributed by atoms with Crippen molar-refractivity contribution in [3.8, 4) is 5.75 Å². The Labute approximate surface area is 202 Å². The largest absolute Gasteiger partial charge is 0.492 e. The molecule has 4 rings (SSSR count). The minimum Gasteiger partial charge on any atom is -0.492 e. The van der Waals surface area contributed by atoms with E-state index in [0.717, 1.165) is 5.56 Å². The number of carbonyl (C=O) groups is 1. The van der Waals surface area contributed by atoms with E-state index in [1.165, 1.54) is 11.8 Å². The van der Waals surface area contributed by atoms with Crippen molar-refractivity contribution in [2.24, 2.45) is 0 Å². The van der Waals surface area contributed by atoms with Gasteiger partial charge in [-0.1, -0.05) is 54.2 Å². The van der Waals surface area contributed by atoms with Crippen LogP contribution in [0.2, 0.25) is 0 Å². The molecule has 0 unspecified atom stereocenters. The normalized spacial score (nSPS) is 11.0. The average molecular weight is 478 g/mol. The molecular formula is C25H27N5O3S. The summed E-state index contributed by atoms with van der Waals surface area (Å²) in [6, 6.07) is 17.3. The first-order chi connectivity index (χ1) is 16.6. The molecule has 0 aliphatic rings. The average Bonchev–Trinajstić information content (AvgIpc) is 3.28. The first kappa shape index (κ1) is 23.6. The van der Waals surface area contributed by atoms with Crippen LogP contribution in [0.1, 0.15) is 19.4 Å². The number of nitrogens with zero attached hydrogens (tertiary/aromatic N) is 4. The molecule has 0 fully saturated rings. The molecule has 176 valence electrons. The summed E-state index contributed by atoms with van der Waals surface area (Å²) in [5, 5.41) is 7.77. The molecule has 2 aromatic carbocycles. The number of amides is 1. The van der Waals surface area contributed by atoms with Gasteiger partial charge in [0, 0.05) is 13.1 Å². The van der Waals surface area contributed by atoms with E-state index in [0.29, 0.717) is 53.7 Å². The quantitative estimate of drug-likeness (QED) is 0.274. The van der Waals surface area contributed by atoms with Gasteiger partial charge in [-0.25, -0.2) is 4.98 Å². The Bertz CT molecular complexity index is 1330. The summed E-state index contributed by atoms with van der Waals surface area (Å²) in [7, 11) is 0. The first-order valence-corrected chi connectivity index (χ1v) is 12.2. The predicted molar refractivity (Wildman–Crippen MR) is 135 cm³/mol. The number of benzene rings is 2. The molecule has 9 heteroatoms. The number of aromatic nitrogens is 4. The number of carbonyl (C=O) groups excluding carboxylic acids is 1. The molecular weight excluding hydrogens is 450 g/mol. The van der Waals surface area contributed by atoms with E-state index in [4.69, 9.17) is 4.74 Å². The maximum Gasteiger partial charge on any atom is 0.282 e. The highest BCUT2D eigenvalue weighted by Crippen LogP contribution is 2.24. The second-order valence-electron chi connectivity index (χ2n) is 7.57. The third-order valence-corrected chi connectivity index (χ3v) is 6.20. The Kier molecular flexibility index (Phi) is 7.64. The van der Waals surface area contributed by atoms with E-state index in [1.807, 2.05) is 62.4 Å². The van der Waals surface area contributed by atoms with Gasteiger partial charge in [0.15, 0.2) is 10.7 Å². The summed E-state index contributed by atoms with van der Waals surface area (Å²) in [4.78, 5) is 30.7. The highest BCUT2D eigenvalue weighted by molar-refractivity contribution is 7.99. The lowest BCUT2D eigenvalue weighted by Crippen LogP contribution is -2.25. The van der Waals surface area contributed by atoms with Crippen molar-refractivity contribution < 1.29 is 9.53 Å². The van der Waals surface area contributed by atoms with Crippen LogP contribution in [0, 0.1) is 0 Å². The summed E-state index contributed by atoms with van der Waals surface area (Å²) in [5.74, 6) is 0.520. The van der Waals surface area contributed by atoms with Gasteiger partial charge >= 0.3 is 0 Å². The van der Waals surface area contributed by atoms with Gasteiger partial charge in [0.1, 0.15) is 11.3 Å². The lowest BCUT2D eigenvalue weighted by Gasteiger charge is -2.13. The number of thioether (sulfide) groups is 1. The highest BCUT2D eigenvalue weighted by atomic mass is 32.2. The van der Waals surface area contributed by atoms with Crippen LogP contribution in [0.4, 0.5) is 5.69 Å². The van der Waals surface area contributed by atoms with Crippen LogP contribution in [-0.4, -0.2) is 37.6 Å². The van der Waals surface area contributed by atoms with Crippen LogP contribution in [-0.2, 0) is 24.3 Å². The third-order valence-electron chi connectivity index (χ3n) is 5.22. The van der Waals surface area contributed by atoms with E-state index in [9.17, 15) is 9.59 Å². The summed E-state index contributed by atoms with van der Waals surface area (Å²) in [5.41, 5.74) is 2.42. The van der Waals surface area contributed by atoms with Crippen molar-refractivity contribution in [3.63, 3.8) is 0 Å². The molecule has 0 bridgehead atoms. The first-order valence-electron chi connectivity index (χ1n) is 11.3. The van der Waals surface area contributed by atoms with E-state index in [2.05, 4.69) is 15.4 Å². The molecule has 0 aliphatic heterocycles. The smallest absolute Gasteiger partial charge is 0.282 e. The number of ether oxygens (including phenoxy) is 1. The minimum atomic E-state index is -0.203. The van der Waals surface area contributed by atoms with Crippen molar-refractivity contribution in [2.45, 2.75) is 38.5 Å². The van der Waals surface area contributed by atoms with Crippen molar-refractivity contribution in [1.29, 1.82) is 0 Å². The Morgan fingerprint density at radius 1 is 1.09 bits per heavy atom. The SMILES string of the molecule is CCOc1ccccc1NC(=O)CSc1nc2cn(CC)nc2c(=O)n1CCc1ccccc1. The Hall–Kier alpha value is -3.59. The van der Waals surface area contributed by atoms with E-state index in [-0.39, 0.29) is 17.2 Å². The lowest BCUT2D eigenvalue weighted by molar-refractivity contribution is -0.113. The van der Waals surface area contributed by atoms with Gasteiger partial charge in [0.2, 0.25) is 5.91 Å². The maximum atomic E-state index is 13.3. The number of anilines is 1. The van der Waals surface area contributed by atoms with Gasteiger partial charge in [-0.3, -0.25) is 18.8 Å². The molecule has 1 N–H and O–H groups in total. The monoisotopic (exact) mass is 477 g/mol. The molecule has 0 aliphatic carbocycles. The summed E-state index contributed by atoms with van der Waals surface area (Å²) in [6.45, 7) is 5.45. The van der Waals surface area contributed by atoms with Gasteiger partial charge < -0.3 is 10.1 Å². The van der Waals surface area contributed by atoms with Gasteiger partial charge in [0.25, 0.3) is 5.56 Å². The zero-order valence-corrected chi connectivity index (χ0v) is 20.0. The molecule has 0 radical (unpaired) electrons. The molecule has 4 aromatic rings. The van der Waals surface area contributed by atoms with Crippen molar-refractivity contribution in [1.82, 2.24) is 19.3 Å². The molecule has 2 aromatic heterocycles. The standard InChI is InChI=1S/C25H27N5O3S/c1-3-29-16-20-23(28-29)24(32)30(15-14-18-10-6-5-7-11-18)25(27-20)34-17-22(31)26-19-12-8-9-13-21(19)33-4-2/h5-13,16H,3-4,14-15,17H2,1-2H3,(H,26,31). The van der Waals surface area contributed by atoms with Crippen LogP contribution in [0.25, 0.3) is 11.0 Å². The van der Waals surface area contributed by atoms with Crippen LogP contribution in [0.5, 0.6) is 5.75 Å². The number of nitrogens with one attached hydrogen (secondary N) is 1. The van der Waals surface area contributed by atoms with Crippen molar-refractivity contribution in [3.05, 3.63) is 76.7 Å². The second-order valence-corrected chi connectivity index (χ2v) is 8.51.